The minimum atomic E-state index is -4.11. The van der Waals surface area contributed by atoms with Gasteiger partial charge in [-0.3, -0.25) is 0 Å². The Morgan fingerprint density at radius 2 is 1.35 bits per heavy atom. The van der Waals surface area contributed by atoms with Crippen LogP contribution < -0.4 is 0 Å². The predicted molar refractivity (Wildman–Crippen MR) is 118 cm³/mol. The maximum absolute atomic E-state index is 13.0. The first-order valence-corrected chi connectivity index (χ1v) is 15.0. The van der Waals surface area contributed by atoms with Gasteiger partial charge in [-0.15, -0.1) is 0 Å². The van der Waals surface area contributed by atoms with Crippen molar-refractivity contribution in [3.05, 3.63) is 42.0 Å². The van der Waals surface area contributed by atoms with E-state index in [-0.39, 0.29) is 0 Å². The average molecular weight is 401 g/mol. The van der Waals surface area contributed by atoms with Gasteiger partial charge in [-0.05, 0) is 0 Å². The molecular formula is C21H37O3PS. The van der Waals surface area contributed by atoms with Crippen LogP contribution >= 0.6 is 5.81 Å². The van der Waals surface area contributed by atoms with E-state index in [2.05, 4.69) is 27.4 Å². The number of hydrogen-bond donors (Lipinski definition) is 1. The van der Waals surface area contributed by atoms with Crippen LogP contribution in [0.5, 0.6) is 0 Å². The molecule has 0 fully saturated rings. The van der Waals surface area contributed by atoms with Crippen LogP contribution in [0.15, 0.2) is 30.8 Å². The van der Waals surface area contributed by atoms with Crippen LogP contribution in [0.4, 0.5) is 0 Å². The molecule has 0 amide bonds. The van der Waals surface area contributed by atoms with Crippen molar-refractivity contribution in [3.63, 3.8) is 0 Å². The van der Waals surface area contributed by atoms with Crippen LogP contribution in [0.2, 0.25) is 0 Å². The van der Waals surface area contributed by atoms with E-state index in [1.807, 2.05) is 24.3 Å². The van der Waals surface area contributed by atoms with Gasteiger partial charge in [0, 0.05) is 0 Å². The zero-order valence-electron chi connectivity index (χ0n) is 16.8. The van der Waals surface area contributed by atoms with Gasteiger partial charge in [-0.25, -0.2) is 0 Å². The summed E-state index contributed by atoms with van der Waals surface area (Å²) in [6, 6.07) is 7.98. The van der Waals surface area contributed by atoms with Crippen molar-refractivity contribution in [3.8, 4) is 0 Å². The van der Waals surface area contributed by atoms with Crippen molar-refractivity contribution in [2.75, 3.05) is 18.5 Å². The molecule has 0 aliphatic rings. The number of hydrogen-bond acceptors (Lipinski definition) is 2. The quantitative estimate of drug-likeness (QED) is 0.300. The molecule has 3 nitrogen and oxygen atoms in total. The van der Waals surface area contributed by atoms with E-state index in [4.69, 9.17) is 0 Å². The van der Waals surface area contributed by atoms with E-state index in [1.54, 1.807) is 6.08 Å². The average Bonchev–Trinajstić information content (AvgIpc) is 2.62. The minimum absolute atomic E-state index is 0.502. The van der Waals surface area contributed by atoms with E-state index in [0.29, 0.717) is 24.6 Å². The van der Waals surface area contributed by atoms with Crippen molar-refractivity contribution < 1.29 is 13.0 Å². The first-order chi connectivity index (χ1) is 12.3. The summed E-state index contributed by atoms with van der Waals surface area (Å²) in [4.78, 5) is 0. The third-order valence-corrected chi connectivity index (χ3v) is 18.4. The predicted octanol–water partition coefficient (Wildman–Crippen LogP) is 6.59. The second-order valence-corrected chi connectivity index (χ2v) is 18.4. The molecule has 150 valence electrons. The van der Waals surface area contributed by atoms with E-state index >= 15 is 0 Å². The second-order valence-electron chi connectivity index (χ2n) is 7.64. The van der Waals surface area contributed by atoms with E-state index in [0.717, 1.165) is 49.7 Å². The zero-order chi connectivity index (χ0) is 19.7. The van der Waals surface area contributed by atoms with Gasteiger partial charge in [0.2, 0.25) is 0 Å². The topological polar surface area (TPSA) is 54.4 Å². The summed E-state index contributed by atoms with van der Waals surface area (Å²) in [6.45, 7) is 10.1. The van der Waals surface area contributed by atoms with Crippen molar-refractivity contribution in [2.24, 2.45) is 0 Å². The Bertz CT molecular complexity index is 640. The van der Waals surface area contributed by atoms with Gasteiger partial charge in [-0.2, -0.15) is 0 Å². The molecular weight excluding hydrogens is 363 g/mol. The Balaban J connectivity index is 3.52. The molecule has 0 aliphatic heterocycles. The fraction of sp³-hybridized carbons (Fsp3) is 0.619. The third-order valence-electron chi connectivity index (χ3n) is 5.68. The van der Waals surface area contributed by atoms with Crippen molar-refractivity contribution >= 4 is 21.6 Å². The van der Waals surface area contributed by atoms with Crippen molar-refractivity contribution in [1.29, 1.82) is 0 Å². The maximum atomic E-state index is 13.0. The monoisotopic (exact) mass is 400 g/mol. The Hall–Kier alpha value is -0.700. The number of benzene rings is 1. The summed E-state index contributed by atoms with van der Waals surface area (Å²) < 4.78 is 36.7. The summed E-state index contributed by atoms with van der Waals surface area (Å²) in [7, 11) is -4.11. The molecule has 0 spiro atoms. The Kier molecular flexibility index (Phi) is 8.99. The molecule has 1 aromatic rings. The molecule has 1 rings (SSSR count). The molecule has 0 atom stereocenters. The van der Waals surface area contributed by atoms with Crippen LogP contribution in [0.25, 0.3) is 6.08 Å². The second kappa shape index (κ2) is 10.0. The fourth-order valence-electron chi connectivity index (χ4n) is 3.90. The van der Waals surface area contributed by atoms with Crippen molar-refractivity contribution in [2.45, 2.75) is 65.5 Å². The molecule has 26 heavy (non-hydrogen) atoms. The first kappa shape index (κ1) is 23.3. The summed E-state index contributed by atoms with van der Waals surface area (Å²) in [5, 5.41) is 0. The molecule has 0 heterocycles. The van der Waals surface area contributed by atoms with Gasteiger partial charge < -0.3 is 0 Å². The molecule has 0 unspecified atom stereocenters. The third kappa shape index (κ3) is 5.18. The summed E-state index contributed by atoms with van der Waals surface area (Å²) in [5.74, 6) is -3.38. The molecule has 0 aliphatic carbocycles. The molecule has 5 heteroatoms. The van der Waals surface area contributed by atoms with Crippen LogP contribution in [0, 0.1) is 0 Å². The van der Waals surface area contributed by atoms with Gasteiger partial charge >= 0.3 is 161 Å². The van der Waals surface area contributed by atoms with Gasteiger partial charge in [0.1, 0.15) is 0 Å². The molecule has 1 aromatic carbocycles. The molecule has 0 saturated carbocycles. The molecule has 1 N–H and O–H groups in total. The van der Waals surface area contributed by atoms with Crippen LogP contribution in [0.1, 0.15) is 70.4 Å². The number of rotatable bonds is 13. The van der Waals surface area contributed by atoms with E-state index in [9.17, 15) is 13.0 Å². The zero-order valence-corrected chi connectivity index (χ0v) is 18.5. The Morgan fingerprint density at radius 1 is 0.923 bits per heavy atom. The number of unbranched alkanes of at least 4 members (excludes halogenated alkanes) is 3. The first-order valence-electron chi connectivity index (χ1n) is 9.96. The van der Waals surface area contributed by atoms with Gasteiger partial charge in [0.05, 0.1) is 0 Å². The van der Waals surface area contributed by atoms with Crippen LogP contribution in [-0.4, -0.2) is 31.5 Å². The molecule has 0 aromatic heterocycles. The van der Waals surface area contributed by atoms with Gasteiger partial charge in [0.25, 0.3) is 0 Å². The van der Waals surface area contributed by atoms with Gasteiger partial charge in [0.15, 0.2) is 0 Å². The standard InChI is InChI=1S/C21H37O3PS/c1-5-9-16-25(17-10-6-2,18-11-7-3,26(22,23)24)19-21-14-12-20(8-4)13-15-21/h8,12-15H,4-7,9-11,16-19H2,1-3H3,(H,22,23,24). The van der Waals surface area contributed by atoms with E-state index < -0.39 is 15.5 Å². The molecule has 0 saturated heterocycles. The van der Waals surface area contributed by atoms with E-state index in [1.165, 1.54) is 0 Å². The Labute approximate surface area is 160 Å². The van der Waals surface area contributed by atoms with Crippen molar-refractivity contribution in [1.82, 2.24) is 0 Å². The van der Waals surface area contributed by atoms with Gasteiger partial charge in [-0.1, -0.05) is 0 Å². The molecule has 0 radical (unpaired) electrons. The fourth-order valence-corrected chi connectivity index (χ4v) is 14.6. The summed E-state index contributed by atoms with van der Waals surface area (Å²) in [6.07, 6.45) is 9.63. The van der Waals surface area contributed by atoms with Crippen LogP contribution in [0.3, 0.4) is 0 Å². The normalized spacial score (nSPS) is 13.9. The Morgan fingerprint density at radius 3 is 1.65 bits per heavy atom. The molecule has 0 bridgehead atoms. The summed E-state index contributed by atoms with van der Waals surface area (Å²) in [5.41, 5.74) is 2.05. The summed E-state index contributed by atoms with van der Waals surface area (Å²) >= 11 is 0. The SMILES string of the molecule is C=Cc1ccc(CP(CCCC)(CCCC)(CCCC)S(=O)(=O)O)cc1. The van der Waals surface area contributed by atoms with Crippen LogP contribution in [-0.2, 0) is 15.9 Å².